The first-order chi connectivity index (χ1) is 14.5. The highest BCUT2D eigenvalue weighted by molar-refractivity contribution is 8.18. The lowest BCUT2D eigenvalue weighted by molar-refractivity contribution is -0.122. The molecule has 1 aromatic heterocycles. The second-order valence-corrected chi connectivity index (χ2v) is 7.52. The fourth-order valence-corrected chi connectivity index (χ4v) is 3.83. The minimum absolute atomic E-state index is 0.0464. The highest BCUT2D eigenvalue weighted by Crippen LogP contribution is 2.31. The van der Waals surface area contributed by atoms with Crippen LogP contribution in [0.2, 0.25) is 0 Å². The van der Waals surface area contributed by atoms with Crippen molar-refractivity contribution in [3.05, 3.63) is 82.6 Å². The van der Waals surface area contributed by atoms with Gasteiger partial charge in [-0.05, 0) is 47.7 Å². The van der Waals surface area contributed by atoms with Gasteiger partial charge in [-0.15, -0.1) is 0 Å². The van der Waals surface area contributed by atoms with Crippen LogP contribution in [0.1, 0.15) is 16.1 Å². The van der Waals surface area contributed by atoms with Crippen molar-refractivity contribution in [2.24, 2.45) is 0 Å². The Morgan fingerprint density at radius 3 is 2.63 bits per heavy atom. The van der Waals surface area contributed by atoms with Crippen LogP contribution in [0.15, 0.2) is 65.6 Å². The van der Waals surface area contributed by atoms with E-state index in [4.69, 9.17) is 0 Å². The molecule has 30 heavy (non-hydrogen) atoms. The summed E-state index contributed by atoms with van der Waals surface area (Å²) in [6, 6.07) is 16.5. The van der Waals surface area contributed by atoms with Crippen LogP contribution in [0.4, 0.5) is 9.18 Å². The van der Waals surface area contributed by atoms with Crippen LogP contribution in [-0.2, 0) is 4.79 Å². The van der Waals surface area contributed by atoms with Crippen molar-refractivity contribution in [1.29, 1.82) is 0 Å². The summed E-state index contributed by atoms with van der Waals surface area (Å²) in [7, 11) is 0. The Morgan fingerprint density at radius 2 is 1.83 bits per heavy atom. The summed E-state index contributed by atoms with van der Waals surface area (Å²) < 4.78 is 13.0. The zero-order valence-electron chi connectivity index (χ0n) is 15.7. The van der Waals surface area contributed by atoms with Crippen molar-refractivity contribution < 1.29 is 18.8 Å². The molecule has 2 aromatic carbocycles. The number of nitrogens with zero attached hydrogens (tertiary/aromatic N) is 2. The first kappa shape index (κ1) is 19.8. The molecule has 1 aliphatic rings. The van der Waals surface area contributed by atoms with Crippen LogP contribution >= 0.6 is 11.8 Å². The highest BCUT2D eigenvalue weighted by atomic mass is 32.2. The highest BCUT2D eigenvalue weighted by Gasteiger charge is 2.34. The number of nitrogens with one attached hydrogen (secondary N) is 1. The molecule has 1 aliphatic heterocycles. The molecule has 3 aromatic rings. The molecule has 8 heteroatoms. The molecule has 0 saturated carbocycles. The number of rotatable bonds is 5. The number of halogens is 1. The summed E-state index contributed by atoms with van der Waals surface area (Å²) in [6.45, 7) is 0.153. The van der Waals surface area contributed by atoms with E-state index >= 15 is 0 Å². The summed E-state index contributed by atoms with van der Waals surface area (Å²) in [4.78, 5) is 42.7. The first-order valence-electron chi connectivity index (χ1n) is 9.16. The molecule has 150 valence electrons. The predicted molar refractivity (Wildman–Crippen MR) is 113 cm³/mol. The topological polar surface area (TPSA) is 79.4 Å². The Balaban J connectivity index is 1.37. The van der Waals surface area contributed by atoms with Gasteiger partial charge < -0.3 is 5.32 Å². The largest absolute Gasteiger partial charge is 0.349 e. The Hall–Kier alpha value is -3.52. The predicted octanol–water partition coefficient (Wildman–Crippen LogP) is 3.84. The Bertz CT molecular complexity index is 1180. The number of thioether (sulfide) groups is 1. The third kappa shape index (κ3) is 4.23. The zero-order valence-corrected chi connectivity index (χ0v) is 16.5. The lowest BCUT2D eigenvalue weighted by Crippen LogP contribution is -2.37. The van der Waals surface area contributed by atoms with Crippen LogP contribution in [0, 0.1) is 5.82 Å². The first-order valence-corrected chi connectivity index (χ1v) is 9.98. The number of para-hydroxylation sites is 1. The number of hydrogen-bond acceptors (Lipinski definition) is 5. The van der Waals surface area contributed by atoms with Crippen molar-refractivity contribution >= 4 is 45.8 Å². The number of pyridine rings is 1. The Labute approximate surface area is 175 Å². The van der Waals surface area contributed by atoms with Gasteiger partial charge in [0.05, 0.1) is 10.4 Å². The van der Waals surface area contributed by atoms with Crippen molar-refractivity contribution in [1.82, 2.24) is 15.2 Å². The number of amides is 3. The van der Waals surface area contributed by atoms with Gasteiger partial charge in [-0.1, -0.05) is 36.4 Å². The van der Waals surface area contributed by atoms with Gasteiger partial charge in [0.2, 0.25) is 0 Å². The van der Waals surface area contributed by atoms with E-state index in [1.807, 2.05) is 30.3 Å². The maximum atomic E-state index is 13.0. The molecule has 0 radical (unpaired) electrons. The SMILES string of the molecule is O=C(NCCN1C(=O)S/C(=C\c2ccc(F)cc2)C1=O)c1ccc2ccccc2n1. The van der Waals surface area contributed by atoms with Crippen LogP contribution in [0.5, 0.6) is 0 Å². The van der Waals surface area contributed by atoms with Gasteiger partial charge >= 0.3 is 0 Å². The smallest absolute Gasteiger partial charge is 0.293 e. The van der Waals surface area contributed by atoms with Gasteiger partial charge in [-0.2, -0.15) is 0 Å². The van der Waals surface area contributed by atoms with Crippen molar-refractivity contribution in [2.75, 3.05) is 13.1 Å². The fourth-order valence-electron chi connectivity index (χ4n) is 2.97. The molecular formula is C22H16FN3O3S. The van der Waals surface area contributed by atoms with E-state index in [1.165, 1.54) is 24.3 Å². The molecule has 0 atom stereocenters. The standard InChI is InChI=1S/C22H16FN3O3S/c23-16-8-5-14(6-9-16)13-19-21(28)26(22(29)30-19)12-11-24-20(27)18-10-7-15-3-1-2-4-17(15)25-18/h1-10,13H,11-12H2,(H,24,27)/b19-13-. The summed E-state index contributed by atoms with van der Waals surface area (Å²) in [5, 5.41) is 3.20. The van der Waals surface area contributed by atoms with Gasteiger partial charge in [0.25, 0.3) is 17.1 Å². The number of fused-ring (bicyclic) bond motifs is 1. The van der Waals surface area contributed by atoms with Crippen LogP contribution in [0.3, 0.4) is 0 Å². The Morgan fingerprint density at radius 1 is 1.07 bits per heavy atom. The van der Waals surface area contributed by atoms with E-state index in [2.05, 4.69) is 10.3 Å². The lowest BCUT2D eigenvalue weighted by atomic mass is 10.2. The summed E-state index contributed by atoms with van der Waals surface area (Å²) in [5.74, 6) is -1.20. The van der Waals surface area contributed by atoms with Gasteiger partial charge in [0, 0.05) is 18.5 Å². The maximum Gasteiger partial charge on any atom is 0.293 e. The van der Waals surface area contributed by atoms with Gasteiger partial charge in [-0.25, -0.2) is 9.37 Å². The minimum Gasteiger partial charge on any atom is -0.349 e. The molecule has 4 rings (SSSR count). The molecule has 0 spiro atoms. The number of carbonyl (C=O) groups is 3. The van der Waals surface area contributed by atoms with E-state index in [9.17, 15) is 18.8 Å². The monoisotopic (exact) mass is 421 g/mol. The summed E-state index contributed by atoms with van der Waals surface area (Å²) in [5.41, 5.74) is 1.60. The van der Waals surface area contributed by atoms with Crippen molar-refractivity contribution in [2.45, 2.75) is 0 Å². The number of imide groups is 1. The van der Waals surface area contributed by atoms with Gasteiger partial charge in [-0.3, -0.25) is 19.3 Å². The zero-order chi connectivity index (χ0) is 21.1. The molecule has 2 heterocycles. The van der Waals surface area contributed by atoms with Crippen molar-refractivity contribution in [3.8, 4) is 0 Å². The molecule has 3 amide bonds. The quantitative estimate of drug-likeness (QED) is 0.634. The molecule has 1 fully saturated rings. The average molecular weight is 421 g/mol. The van der Waals surface area contributed by atoms with E-state index in [-0.39, 0.29) is 35.4 Å². The van der Waals surface area contributed by atoms with E-state index < -0.39 is 11.1 Å². The fraction of sp³-hybridized carbons (Fsp3) is 0.0909. The lowest BCUT2D eigenvalue weighted by Gasteiger charge is -2.13. The maximum absolute atomic E-state index is 13.0. The van der Waals surface area contributed by atoms with Crippen LogP contribution in [0.25, 0.3) is 17.0 Å². The van der Waals surface area contributed by atoms with Crippen molar-refractivity contribution in [3.63, 3.8) is 0 Å². The minimum atomic E-state index is -0.438. The molecule has 6 nitrogen and oxygen atoms in total. The average Bonchev–Trinajstić information content (AvgIpc) is 3.02. The molecule has 1 saturated heterocycles. The third-order valence-electron chi connectivity index (χ3n) is 4.49. The number of carbonyl (C=O) groups excluding carboxylic acids is 3. The molecule has 0 aliphatic carbocycles. The van der Waals surface area contributed by atoms with Crippen LogP contribution < -0.4 is 5.32 Å². The van der Waals surface area contributed by atoms with E-state index in [0.717, 1.165) is 22.0 Å². The Kier molecular flexibility index (Phi) is 5.58. The molecule has 0 unspecified atom stereocenters. The number of hydrogen-bond donors (Lipinski definition) is 1. The molecular weight excluding hydrogens is 405 g/mol. The summed E-state index contributed by atoms with van der Waals surface area (Å²) >= 11 is 0.817. The second kappa shape index (κ2) is 8.46. The van der Waals surface area contributed by atoms with E-state index in [0.29, 0.717) is 11.1 Å². The van der Waals surface area contributed by atoms with Crippen LogP contribution in [-0.4, -0.2) is 40.0 Å². The second-order valence-electron chi connectivity index (χ2n) is 6.53. The molecule has 0 bridgehead atoms. The molecule has 1 N–H and O–H groups in total. The van der Waals surface area contributed by atoms with Gasteiger partial charge in [0.15, 0.2) is 0 Å². The van der Waals surface area contributed by atoms with Gasteiger partial charge in [0.1, 0.15) is 11.5 Å². The third-order valence-corrected chi connectivity index (χ3v) is 5.40. The number of aromatic nitrogens is 1. The normalized spacial score (nSPS) is 15.2. The van der Waals surface area contributed by atoms with E-state index in [1.54, 1.807) is 12.1 Å². The summed E-state index contributed by atoms with van der Waals surface area (Å²) in [6.07, 6.45) is 1.54. The number of benzene rings is 2.